The normalized spacial score (nSPS) is 15.3. The molecule has 0 bridgehead atoms. The summed E-state index contributed by atoms with van der Waals surface area (Å²) in [6, 6.07) is 19.3. The molecule has 0 aliphatic carbocycles. The fourth-order valence-corrected chi connectivity index (χ4v) is 4.04. The van der Waals surface area contributed by atoms with Crippen LogP contribution in [0.1, 0.15) is 36.1 Å². The first-order chi connectivity index (χ1) is 14.8. The number of aromatic nitrogens is 1. The fourth-order valence-electron chi connectivity index (χ4n) is 4.04. The van der Waals surface area contributed by atoms with Crippen molar-refractivity contribution in [3.8, 4) is 0 Å². The highest BCUT2D eigenvalue weighted by atomic mass is 15.2. The van der Waals surface area contributed by atoms with Crippen LogP contribution >= 0.6 is 0 Å². The standard InChI is InChI=1S/C25H31N5/c1-26-25(29-18-24-23-8-4-3-7-22(23)13-14-27-24)28-17-20-9-11-21(12-10-20)19-30-15-5-2-6-16-30/h3-4,7-14H,2,5-6,15-19H2,1H3,(H2,26,28,29). The number of rotatable bonds is 6. The lowest BCUT2D eigenvalue weighted by Crippen LogP contribution is -2.36. The van der Waals surface area contributed by atoms with Gasteiger partial charge in [0, 0.05) is 31.7 Å². The first kappa shape index (κ1) is 20.4. The molecule has 30 heavy (non-hydrogen) atoms. The van der Waals surface area contributed by atoms with Crippen molar-refractivity contribution >= 4 is 16.7 Å². The Balaban J connectivity index is 1.29. The van der Waals surface area contributed by atoms with Crippen LogP contribution in [-0.4, -0.2) is 36.0 Å². The van der Waals surface area contributed by atoms with E-state index in [0.29, 0.717) is 6.54 Å². The minimum absolute atomic E-state index is 0.635. The van der Waals surface area contributed by atoms with Gasteiger partial charge >= 0.3 is 0 Å². The molecule has 0 radical (unpaired) electrons. The molecule has 0 unspecified atom stereocenters. The van der Waals surface area contributed by atoms with Crippen molar-refractivity contribution in [2.75, 3.05) is 20.1 Å². The van der Waals surface area contributed by atoms with Gasteiger partial charge in [-0.1, -0.05) is 55.0 Å². The highest BCUT2D eigenvalue weighted by Crippen LogP contribution is 2.16. The molecule has 3 aromatic rings. The number of piperidine rings is 1. The van der Waals surface area contributed by atoms with Crippen molar-refractivity contribution in [1.82, 2.24) is 20.5 Å². The SMILES string of the molecule is CN=C(NCc1ccc(CN2CCCCC2)cc1)NCc1nccc2ccccc12. The highest BCUT2D eigenvalue weighted by molar-refractivity contribution is 5.85. The third kappa shape index (κ3) is 5.36. The molecule has 0 spiro atoms. The molecule has 2 aromatic carbocycles. The van der Waals surface area contributed by atoms with E-state index in [0.717, 1.165) is 24.7 Å². The maximum absolute atomic E-state index is 4.54. The van der Waals surface area contributed by atoms with Crippen LogP contribution in [0.25, 0.3) is 10.8 Å². The minimum atomic E-state index is 0.635. The number of hydrogen-bond donors (Lipinski definition) is 2. The molecule has 5 heteroatoms. The molecule has 1 saturated heterocycles. The van der Waals surface area contributed by atoms with Gasteiger partial charge in [-0.15, -0.1) is 0 Å². The number of nitrogens with zero attached hydrogens (tertiary/aromatic N) is 3. The van der Waals surface area contributed by atoms with Gasteiger partial charge in [-0.2, -0.15) is 0 Å². The van der Waals surface area contributed by atoms with Crippen molar-refractivity contribution in [3.05, 3.63) is 77.6 Å². The summed E-state index contributed by atoms with van der Waals surface area (Å²) >= 11 is 0. The molecule has 1 fully saturated rings. The van der Waals surface area contributed by atoms with Crippen LogP contribution in [0.3, 0.4) is 0 Å². The van der Waals surface area contributed by atoms with Gasteiger partial charge in [0.15, 0.2) is 5.96 Å². The summed E-state index contributed by atoms with van der Waals surface area (Å²) in [6.07, 6.45) is 5.92. The summed E-state index contributed by atoms with van der Waals surface area (Å²) in [4.78, 5) is 11.5. The van der Waals surface area contributed by atoms with Gasteiger partial charge < -0.3 is 10.6 Å². The monoisotopic (exact) mass is 401 g/mol. The molecule has 2 N–H and O–H groups in total. The topological polar surface area (TPSA) is 52.6 Å². The van der Waals surface area contributed by atoms with Gasteiger partial charge in [-0.3, -0.25) is 14.9 Å². The number of hydrogen-bond acceptors (Lipinski definition) is 3. The lowest BCUT2D eigenvalue weighted by molar-refractivity contribution is 0.221. The summed E-state index contributed by atoms with van der Waals surface area (Å²) < 4.78 is 0. The van der Waals surface area contributed by atoms with Crippen molar-refractivity contribution in [2.45, 2.75) is 38.9 Å². The predicted octanol–water partition coefficient (Wildman–Crippen LogP) is 4.09. The van der Waals surface area contributed by atoms with E-state index in [1.165, 1.54) is 54.3 Å². The summed E-state index contributed by atoms with van der Waals surface area (Å²) in [7, 11) is 1.80. The number of likely N-dealkylation sites (tertiary alicyclic amines) is 1. The second-order valence-corrected chi connectivity index (χ2v) is 7.91. The predicted molar refractivity (Wildman–Crippen MR) is 124 cm³/mol. The van der Waals surface area contributed by atoms with Gasteiger partial charge in [0.2, 0.25) is 0 Å². The second-order valence-electron chi connectivity index (χ2n) is 7.91. The number of fused-ring (bicyclic) bond motifs is 1. The zero-order valence-electron chi connectivity index (χ0n) is 17.8. The zero-order chi connectivity index (χ0) is 20.6. The molecule has 0 saturated carbocycles. The van der Waals surface area contributed by atoms with Gasteiger partial charge in [-0.05, 0) is 48.5 Å². The first-order valence-corrected chi connectivity index (χ1v) is 10.9. The van der Waals surface area contributed by atoms with Crippen LogP contribution in [0.4, 0.5) is 0 Å². The van der Waals surface area contributed by atoms with E-state index in [2.05, 4.69) is 74.0 Å². The third-order valence-corrected chi connectivity index (χ3v) is 5.74. The first-order valence-electron chi connectivity index (χ1n) is 10.9. The van der Waals surface area contributed by atoms with Gasteiger partial charge in [-0.25, -0.2) is 0 Å². The quantitative estimate of drug-likeness (QED) is 0.483. The molecular formula is C25H31N5. The number of guanidine groups is 1. The van der Waals surface area contributed by atoms with Crippen LogP contribution in [-0.2, 0) is 19.6 Å². The maximum atomic E-state index is 4.54. The van der Waals surface area contributed by atoms with E-state index in [1.54, 1.807) is 7.05 Å². The highest BCUT2D eigenvalue weighted by Gasteiger charge is 2.10. The van der Waals surface area contributed by atoms with Gasteiger partial charge in [0.1, 0.15) is 0 Å². The van der Waals surface area contributed by atoms with Crippen LogP contribution < -0.4 is 10.6 Å². The van der Waals surface area contributed by atoms with E-state index < -0.39 is 0 Å². The molecule has 0 atom stereocenters. The molecule has 2 heterocycles. The zero-order valence-corrected chi connectivity index (χ0v) is 17.8. The van der Waals surface area contributed by atoms with Gasteiger partial charge in [0.25, 0.3) is 0 Å². The summed E-state index contributed by atoms with van der Waals surface area (Å²) in [5, 5.41) is 9.17. The lowest BCUT2D eigenvalue weighted by atomic mass is 10.1. The van der Waals surface area contributed by atoms with E-state index in [1.807, 2.05) is 12.3 Å². The average molecular weight is 402 g/mol. The Hall–Kier alpha value is -2.92. The van der Waals surface area contributed by atoms with Crippen molar-refractivity contribution in [1.29, 1.82) is 0 Å². The molecule has 156 valence electrons. The van der Waals surface area contributed by atoms with Crippen molar-refractivity contribution in [2.24, 2.45) is 4.99 Å². The molecule has 4 rings (SSSR count). The Bertz CT molecular complexity index is 969. The molecular weight excluding hydrogens is 370 g/mol. The maximum Gasteiger partial charge on any atom is 0.191 e. The number of pyridine rings is 1. The smallest absolute Gasteiger partial charge is 0.191 e. The van der Waals surface area contributed by atoms with Crippen molar-refractivity contribution in [3.63, 3.8) is 0 Å². The number of nitrogens with one attached hydrogen (secondary N) is 2. The number of aliphatic imine (C=N–C) groups is 1. The third-order valence-electron chi connectivity index (χ3n) is 5.74. The number of benzene rings is 2. The van der Waals surface area contributed by atoms with Crippen LogP contribution in [0.5, 0.6) is 0 Å². The Morgan fingerprint density at radius 1 is 0.900 bits per heavy atom. The van der Waals surface area contributed by atoms with E-state index in [9.17, 15) is 0 Å². The van der Waals surface area contributed by atoms with Crippen LogP contribution in [0.15, 0.2) is 65.8 Å². The molecule has 5 nitrogen and oxygen atoms in total. The average Bonchev–Trinajstić information content (AvgIpc) is 2.81. The molecule has 1 aromatic heterocycles. The summed E-state index contributed by atoms with van der Waals surface area (Å²) in [5.41, 5.74) is 3.67. The molecule has 0 amide bonds. The van der Waals surface area contributed by atoms with Crippen molar-refractivity contribution < 1.29 is 0 Å². The van der Waals surface area contributed by atoms with Gasteiger partial charge in [0.05, 0.1) is 12.2 Å². The Labute approximate surface area is 179 Å². The fraction of sp³-hybridized carbons (Fsp3) is 0.360. The van der Waals surface area contributed by atoms with E-state index >= 15 is 0 Å². The summed E-state index contributed by atoms with van der Waals surface area (Å²) in [5.74, 6) is 0.780. The van der Waals surface area contributed by atoms with Crippen LogP contribution in [0.2, 0.25) is 0 Å². The Morgan fingerprint density at radius 3 is 2.43 bits per heavy atom. The lowest BCUT2D eigenvalue weighted by Gasteiger charge is -2.26. The van der Waals surface area contributed by atoms with E-state index in [4.69, 9.17) is 0 Å². The summed E-state index contributed by atoms with van der Waals surface area (Å²) in [6.45, 7) is 4.91. The van der Waals surface area contributed by atoms with Crippen LogP contribution in [0, 0.1) is 0 Å². The minimum Gasteiger partial charge on any atom is -0.352 e. The molecule has 1 aliphatic rings. The Kier molecular flexibility index (Phi) is 6.93. The molecule has 1 aliphatic heterocycles. The second kappa shape index (κ2) is 10.2. The largest absolute Gasteiger partial charge is 0.352 e. The van der Waals surface area contributed by atoms with E-state index in [-0.39, 0.29) is 0 Å². The Morgan fingerprint density at radius 2 is 1.63 bits per heavy atom.